The molecule has 2 amide bonds. The number of hydrogen-bond donors (Lipinski definition) is 3. The molecule has 0 unspecified atom stereocenters. The molecule has 0 atom stereocenters. The molecule has 3 N–H and O–H groups in total. The zero-order chi connectivity index (χ0) is 19.8. The number of carbonyl (C=O) groups is 1. The minimum Gasteiger partial charge on any atom is -0.361 e. The molecule has 28 heavy (non-hydrogen) atoms. The Bertz CT molecular complexity index is 746. The van der Waals surface area contributed by atoms with Crippen LogP contribution in [0, 0.1) is 0 Å². The van der Waals surface area contributed by atoms with Crippen molar-refractivity contribution in [3.63, 3.8) is 0 Å². The van der Waals surface area contributed by atoms with Crippen LogP contribution in [-0.2, 0) is 0 Å². The molecule has 2 heterocycles. The van der Waals surface area contributed by atoms with Crippen molar-refractivity contribution in [2.24, 2.45) is 0 Å². The maximum absolute atomic E-state index is 12.2. The minimum absolute atomic E-state index is 0.110. The van der Waals surface area contributed by atoms with Crippen molar-refractivity contribution in [3.8, 4) is 0 Å². The highest BCUT2D eigenvalue weighted by atomic mass is 16.2. The average Bonchev–Trinajstić information content (AvgIpc) is 3.12. The summed E-state index contributed by atoms with van der Waals surface area (Å²) in [6, 6.07) is 6.06. The molecule has 1 fully saturated rings. The van der Waals surface area contributed by atoms with E-state index in [0.29, 0.717) is 5.92 Å². The molecule has 1 aromatic heterocycles. The van der Waals surface area contributed by atoms with E-state index >= 15 is 0 Å². The lowest BCUT2D eigenvalue weighted by molar-refractivity contribution is 0.213. The van der Waals surface area contributed by atoms with E-state index < -0.39 is 0 Å². The monoisotopic (exact) mass is 384 g/mol. The number of aromatic nitrogens is 1. The summed E-state index contributed by atoms with van der Waals surface area (Å²) in [4.78, 5) is 18.2. The maximum Gasteiger partial charge on any atom is 0.319 e. The number of H-pyrrole nitrogens is 1. The highest BCUT2D eigenvalue weighted by molar-refractivity contribution is 5.94. The molecule has 1 aliphatic rings. The number of nitrogens with one attached hydrogen (secondary N) is 3. The SMILES string of the molecule is CCCCCCNC(=O)Nc1ccc2[nH]cc(C3CCN(CCC)CC3)c2c1. The zero-order valence-electron chi connectivity index (χ0n) is 17.5. The van der Waals surface area contributed by atoms with Crippen LogP contribution in [0.1, 0.15) is 70.3 Å². The summed E-state index contributed by atoms with van der Waals surface area (Å²) < 4.78 is 0. The van der Waals surface area contributed by atoms with Crippen molar-refractivity contribution in [2.75, 3.05) is 31.5 Å². The van der Waals surface area contributed by atoms with E-state index in [0.717, 1.165) is 24.2 Å². The second-order valence-electron chi connectivity index (χ2n) is 8.06. The number of piperidine rings is 1. The van der Waals surface area contributed by atoms with Crippen LogP contribution in [0.3, 0.4) is 0 Å². The molecule has 1 aliphatic heterocycles. The number of likely N-dealkylation sites (tertiary alicyclic amines) is 1. The molecule has 2 aromatic rings. The van der Waals surface area contributed by atoms with E-state index in [1.807, 2.05) is 6.07 Å². The van der Waals surface area contributed by atoms with Crippen molar-refractivity contribution in [2.45, 2.75) is 64.7 Å². The predicted octanol–water partition coefficient (Wildman–Crippen LogP) is 5.46. The number of fused-ring (bicyclic) bond motifs is 1. The smallest absolute Gasteiger partial charge is 0.319 e. The number of aromatic amines is 1. The van der Waals surface area contributed by atoms with Gasteiger partial charge in [0.2, 0.25) is 0 Å². The second kappa shape index (κ2) is 10.5. The lowest BCUT2D eigenvalue weighted by Gasteiger charge is -2.31. The molecule has 5 heteroatoms. The summed E-state index contributed by atoms with van der Waals surface area (Å²) in [5, 5.41) is 7.20. The number of anilines is 1. The van der Waals surface area contributed by atoms with Gasteiger partial charge in [-0.1, -0.05) is 33.1 Å². The van der Waals surface area contributed by atoms with Crippen molar-refractivity contribution in [1.29, 1.82) is 0 Å². The maximum atomic E-state index is 12.2. The topological polar surface area (TPSA) is 60.2 Å². The molecule has 0 saturated carbocycles. The van der Waals surface area contributed by atoms with Gasteiger partial charge in [0.1, 0.15) is 0 Å². The van der Waals surface area contributed by atoms with E-state index in [-0.39, 0.29) is 6.03 Å². The summed E-state index contributed by atoms with van der Waals surface area (Å²) >= 11 is 0. The molecular weight excluding hydrogens is 348 g/mol. The number of carbonyl (C=O) groups excluding carboxylic acids is 1. The highest BCUT2D eigenvalue weighted by Gasteiger charge is 2.22. The number of urea groups is 1. The molecule has 0 spiro atoms. The third-order valence-corrected chi connectivity index (χ3v) is 5.85. The van der Waals surface area contributed by atoms with Crippen LogP contribution in [0.2, 0.25) is 0 Å². The Balaban J connectivity index is 1.59. The van der Waals surface area contributed by atoms with Gasteiger partial charge in [-0.15, -0.1) is 0 Å². The standard InChI is InChI=1S/C23H36N4O/c1-3-5-6-7-12-24-23(28)26-19-8-9-22-20(16-19)21(17-25-22)18-10-14-27(13-4-2)15-11-18/h8-9,16-18,25H,3-7,10-15H2,1-2H3,(H2,24,26,28). The molecule has 0 aliphatic carbocycles. The molecule has 154 valence electrons. The highest BCUT2D eigenvalue weighted by Crippen LogP contribution is 2.34. The predicted molar refractivity (Wildman–Crippen MR) is 118 cm³/mol. The van der Waals surface area contributed by atoms with Crippen molar-refractivity contribution >= 4 is 22.6 Å². The van der Waals surface area contributed by atoms with Gasteiger partial charge in [-0.3, -0.25) is 0 Å². The number of amides is 2. The third-order valence-electron chi connectivity index (χ3n) is 5.85. The largest absolute Gasteiger partial charge is 0.361 e. The van der Waals surface area contributed by atoms with Gasteiger partial charge in [0.25, 0.3) is 0 Å². The number of rotatable bonds is 9. The quantitative estimate of drug-likeness (QED) is 0.503. The first-order valence-electron chi connectivity index (χ1n) is 11.1. The van der Waals surface area contributed by atoms with Gasteiger partial charge in [0.15, 0.2) is 0 Å². The van der Waals surface area contributed by atoms with E-state index in [1.165, 1.54) is 69.1 Å². The number of nitrogens with zero attached hydrogens (tertiary/aromatic N) is 1. The summed E-state index contributed by atoms with van der Waals surface area (Å²) in [5.74, 6) is 0.601. The average molecular weight is 385 g/mol. The van der Waals surface area contributed by atoms with Gasteiger partial charge < -0.3 is 20.5 Å². The number of benzene rings is 1. The van der Waals surface area contributed by atoms with Gasteiger partial charge in [0.05, 0.1) is 0 Å². The van der Waals surface area contributed by atoms with E-state index in [4.69, 9.17) is 0 Å². The molecule has 0 radical (unpaired) electrons. The Kier molecular flexibility index (Phi) is 7.78. The van der Waals surface area contributed by atoms with E-state index in [2.05, 4.69) is 52.7 Å². The Morgan fingerprint density at radius 3 is 2.71 bits per heavy atom. The van der Waals surface area contributed by atoms with Crippen LogP contribution in [-0.4, -0.2) is 42.1 Å². The Labute approximate surface area is 169 Å². The van der Waals surface area contributed by atoms with Crippen LogP contribution in [0.4, 0.5) is 10.5 Å². The zero-order valence-corrected chi connectivity index (χ0v) is 17.5. The summed E-state index contributed by atoms with van der Waals surface area (Å²) in [7, 11) is 0. The molecule has 0 bridgehead atoms. The second-order valence-corrected chi connectivity index (χ2v) is 8.06. The fourth-order valence-corrected chi connectivity index (χ4v) is 4.27. The van der Waals surface area contributed by atoms with Crippen molar-refractivity contribution < 1.29 is 4.79 Å². The first kappa shape index (κ1) is 20.7. The number of hydrogen-bond acceptors (Lipinski definition) is 2. The Morgan fingerprint density at radius 2 is 1.96 bits per heavy atom. The van der Waals surface area contributed by atoms with Crippen molar-refractivity contribution in [1.82, 2.24) is 15.2 Å². The summed E-state index contributed by atoms with van der Waals surface area (Å²) in [6.45, 7) is 8.76. The first-order valence-corrected chi connectivity index (χ1v) is 11.1. The van der Waals surface area contributed by atoms with Gasteiger partial charge in [-0.25, -0.2) is 4.79 Å². The first-order chi connectivity index (χ1) is 13.7. The van der Waals surface area contributed by atoms with Crippen molar-refractivity contribution in [3.05, 3.63) is 30.0 Å². The molecule has 3 rings (SSSR count). The lowest BCUT2D eigenvalue weighted by Crippen LogP contribution is -2.33. The Hall–Kier alpha value is -2.01. The summed E-state index contributed by atoms with van der Waals surface area (Å²) in [5.41, 5.74) is 3.41. The van der Waals surface area contributed by atoms with Crippen LogP contribution in [0.25, 0.3) is 10.9 Å². The van der Waals surface area contributed by atoms with E-state index in [1.54, 1.807) is 0 Å². The fraction of sp³-hybridized carbons (Fsp3) is 0.609. The van der Waals surface area contributed by atoms with E-state index in [9.17, 15) is 4.79 Å². The van der Waals surface area contributed by atoms with Crippen LogP contribution >= 0.6 is 0 Å². The van der Waals surface area contributed by atoms with Gasteiger partial charge in [0, 0.05) is 29.3 Å². The van der Waals surface area contributed by atoms with Gasteiger partial charge in [-0.2, -0.15) is 0 Å². The fourth-order valence-electron chi connectivity index (χ4n) is 4.27. The van der Waals surface area contributed by atoms with Gasteiger partial charge >= 0.3 is 6.03 Å². The minimum atomic E-state index is -0.110. The Morgan fingerprint density at radius 1 is 1.14 bits per heavy atom. The molecule has 1 aromatic carbocycles. The normalized spacial score (nSPS) is 15.8. The molecular formula is C23H36N4O. The van der Waals surface area contributed by atoms with Gasteiger partial charge in [-0.05, 0) is 75.0 Å². The number of unbranched alkanes of at least 4 members (excludes halogenated alkanes) is 3. The van der Waals surface area contributed by atoms with Crippen LogP contribution in [0.5, 0.6) is 0 Å². The van der Waals surface area contributed by atoms with Crippen LogP contribution < -0.4 is 10.6 Å². The third kappa shape index (κ3) is 5.51. The molecule has 5 nitrogen and oxygen atoms in total. The summed E-state index contributed by atoms with van der Waals surface area (Å²) in [6.07, 6.45) is 10.5. The van der Waals surface area contributed by atoms with Crippen LogP contribution in [0.15, 0.2) is 24.4 Å². The molecule has 1 saturated heterocycles. The lowest BCUT2D eigenvalue weighted by atomic mass is 9.89.